The Morgan fingerprint density at radius 2 is 1.61 bits per heavy atom. The third-order valence-electron chi connectivity index (χ3n) is 2.93. The van der Waals surface area contributed by atoms with Crippen LogP contribution in [-0.4, -0.2) is 16.9 Å². The third kappa shape index (κ3) is 6.28. The summed E-state index contributed by atoms with van der Waals surface area (Å²) in [6.07, 6.45) is 0.460. The highest BCUT2D eigenvalue weighted by molar-refractivity contribution is 5.99. The molecule has 0 amide bonds. The molecule has 4 nitrogen and oxygen atoms in total. The van der Waals surface area contributed by atoms with Crippen molar-refractivity contribution in [1.82, 2.24) is 0 Å². The van der Waals surface area contributed by atoms with Gasteiger partial charge in [-0.1, -0.05) is 74.2 Å². The second-order valence-electron chi connectivity index (χ2n) is 4.55. The molecule has 2 aromatic carbocycles. The van der Waals surface area contributed by atoms with E-state index < -0.39 is 6.10 Å². The van der Waals surface area contributed by atoms with Crippen molar-refractivity contribution >= 4 is 11.8 Å². The number of esters is 1. The van der Waals surface area contributed by atoms with Gasteiger partial charge in [-0.25, -0.2) is 0 Å². The molecule has 0 bridgehead atoms. The monoisotopic (exact) mass is 312 g/mol. The predicted molar refractivity (Wildman–Crippen MR) is 88.8 cm³/mol. The number of aliphatic hydroxyl groups excluding tert-OH is 1. The zero-order valence-corrected chi connectivity index (χ0v) is 13.0. The first kappa shape index (κ1) is 18.3. The Balaban J connectivity index is 0.000000322. The average Bonchev–Trinajstić information content (AvgIpc) is 2.62. The van der Waals surface area contributed by atoms with Gasteiger partial charge in [0.25, 0.3) is 0 Å². The molecule has 4 heteroatoms. The molecule has 1 unspecified atom stereocenters. The Morgan fingerprint density at radius 1 is 1.09 bits per heavy atom. The van der Waals surface area contributed by atoms with Crippen LogP contribution >= 0.6 is 0 Å². The van der Waals surface area contributed by atoms with Crippen molar-refractivity contribution in [3.05, 3.63) is 84.6 Å². The number of ketones is 1. The normalized spacial score (nSPS) is 10.7. The molecule has 0 aliphatic rings. The van der Waals surface area contributed by atoms with Gasteiger partial charge in [-0.3, -0.25) is 9.59 Å². The van der Waals surface area contributed by atoms with E-state index in [4.69, 9.17) is 0 Å². The molecule has 1 atom stereocenters. The van der Waals surface area contributed by atoms with Gasteiger partial charge in [0.1, 0.15) is 6.10 Å². The lowest BCUT2D eigenvalue weighted by molar-refractivity contribution is -0.137. The first-order valence-electron chi connectivity index (χ1n) is 7.22. The first-order valence-corrected chi connectivity index (χ1v) is 7.22. The molecule has 0 saturated heterocycles. The number of ether oxygens (including phenoxy) is 1. The molecule has 0 spiro atoms. The fourth-order valence-corrected chi connectivity index (χ4v) is 1.72. The average molecular weight is 312 g/mol. The summed E-state index contributed by atoms with van der Waals surface area (Å²) in [5.41, 5.74) is 1.15. The van der Waals surface area contributed by atoms with Crippen LogP contribution < -0.4 is 0 Å². The van der Waals surface area contributed by atoms with Gasteiger partial charge in [0.05, 0.1) is 6.26 Å². The van der Waals surface area contributed by atoms with E-state index in [-0.39, 0.29) is 11.8 Å². The summed E-state index contributed by atoms with van der Waals surface area (Å²) in [6, 6.07) is 17.7. The number of benzene rings is 2. The second kappa shape index (κ2) is 10.1. The lowest BCUT2D eigenvalue weighted by Gasteiger charge is -2.09. The SMILES string of the molecule is C=COC(=O)CC.O=C(c1ccccc1)C(O)c1ccccc1. The molecule has 0 aliphatic heterocycles. The van der Waals surface area contributed by atoms with Gasteiger partial charge in [0.2, 0.25) is 0 Å². The maximum absolute atomic E-state index is 11.9. The molecular formula is C19H20O4. The molecule has 0 fully saturated rings. The number of hydrogen-bond acceptors (Lipinski definition) is 4. The minimum atomic E-state index is -1.08. The molecule has 2 aromatic rings. The summed E-state index contributed by atoms with van der Waals surface area (Å²) >= 11 is 0. The van der Waals surface area contributed by atoms with E-state index in [1.54, 1.807) is 55.5 Å². The van der Waals surface area contributed by atoms with Gasteiger partial charge in [-0.2, -0.15) is 0 Å². The number of Topliss-reactive ketones (excluding diaryl/α,β-unsaturated/α-hetero) is 1. The Kier molecular flexibility index (Phi) is 8.03. The van der Waals surface area contributed by atoms with E-state index in [0.29, 0.717) is 17.5 Å². The zero-order valence-electron chi connectivity index (χ0n) is 13.0. The molecule has 1 N–H and O–H groups in total. The van der Waals surface area contributed by atoms with Crippen LogP contribution in [0.15, 0.2) is 73.5 Å². The van der Waals surface area contributed by atoms with Gasteiger partial charge in [0.15, 0.2) is 5.78 Å². The van der Waals surface area contributed by atoms with Crippen LogP contribution in [0.2, 0.25) is 0 Å². The summed E-state index contributed by atoms with van der Waals surface area (Å²) < 4.78 is 4.32. The number of aliphatic hydroxyl groups is 1. The Morgan fingerprint density at radius 3 is 2.04 bits per heavy atom. The number of rotatable bonds is 5. The Bertz CT molecular complexity index is 620. The number of hydrogen-bond donors (Lipinski definition) is 1. The van der Waals surface area contributed by atoms with E-state index in [1.165, 1.54) is 0 Å². The van der Waals surface area contributed by atoms with E-state index in [2.05, 4.69) is 11.3 Å². The first-order chi connectivity index (χ1) is 11.1. The smallest absolute Gasteiger partial charge is 0.310 e. The number of carbonyl (C=O) groups is 2. The topological polar surface area (TPSA) is 63.6 Å². The Labute approximate surface area is 136 Å². The largest absolute Gasteiger partial charge is 0.435 e. The molecule has 0 heterocycles. The van der Waals surface area contributed by atoms with Crippen molar-refractivity contribution in [1.29, 1.82) is 0 Å². The van der Waals surface area contributed by atoms with Gasteiger partial charge >= 0.3 is 5.97 Å². The van der Waals surface area contributed by atoms with Crippen molar-refractivity contribution in [3.8, 4) is 0 Å². The molecule has 2 rings (SSSR count). The molecule has 23 heavy (non-hydrogen) atoms. The van der Waals surface area contributed by atoms with Crippen LogP contribution in [0.4, 0.5) is 0 Å². The standard InChI is InChI=1S/C14H12O2.C5H8O2/c15-13(11-7-3-1-4-8-11)14(16)12-9-5-2-6-10-12;1-3-5(6)7-4-2/h1-10,13,15H;4H,2-3H2,1H3. The Hall–Kier alpha value is -2.72. The van der Waals surface area contributed by atoms with Crippen molar-refractivity contribution in [2.24, 2.45) is 0 Å². The van der Waals surface area contributed by atoms with Crippen LogP contribution in [0.25, 0.3) is 0 Å². The van der Waals surface area contributed by atoms with Gasteiger partial charge < -0.3 is 9.84 Å². The highest BCUT2D eigenvalue weighted by atomic mass is 16.5. The molecule has 0 aromatic heterocycles. The van der Waals surface area contributed by atoms with E-state index in [9.17, 15) is 14.7 Å². The van der Waals surface area contributed by atoms with Crippen molar-refractivity contribution in [2.75, 3.05) is 0 Å². The summed E-state index contributed by atoms with van der Waals surface area (Å²) in [4.78, 5) is 22.0. The molecule has 0 saturated carbocycles. The van der Waals surface area contributed by atoms with Gasteiger partial charge in [-0.15, -0.1) is 0 Å². The van der Waals surface area contributed by atoms with Crippen LogP contribution in [0.1, 0.15) is 35.4 Å². The quantitative estimate of drug-likeness (QED) is 0.519. The maximum atomic E-state index is 11.9. The van der Waals surface area contributed by atoms with Crippen molar-refractivity contribution in [3.63, 3.8) is 0 Å². The van der Waals surface area contributed by atoms with Crippen LogP contribution in [0, 0.1) is 0 Å². The highest BCUT2D eigenvalue weighted by Gasteiger charge is 2.18. The van der Waals surface area contributed by atoms with Crippen LogP contribution in [-0.2, 0) is 9.53 Å². The third-order valence-corrected chi connectivity index (χ3v) is 2.93. The maximum Gasteiger partial charge on any atom is 0.310 e. The molecule has 0 radical (unpaired) electrons. The van der Waals surface area contributed by atoms with E-state index in [1.807, 2.05) is 12.1 Å². The fourth-order valence-electron chi connectivity index (χ4n) is 1.72. The summed E-state index contributed by atoms with van der Waals surface area (Å²) in [6.45, 7) is 4.93. The molecule has 120 valence electrons. The van der Waals surface area contributed by atoms with Crippen LogP contribution in [0.3, 0.4) is 0 Å². The minimum Gasteiger partial charge on any atom is -0.435 e. The number of carbonyl (C=O) groups excluding carboxylic acids is 2. The summed E-state index contributed by atoms with van der Waals surface area (Å²) in [5.74, 6) is -0.512. The zero-order chi connectivity index (χ0) is 17.1. The second-order valence-corrected chi connectivity index (χ2v) is 4.55. The van der Waals surface area contributed by atoms with E-state index >= 15 is 0 Å². The minimum absolute atomic E-state index is 0.241. The molecule has 0 aliphatic carbocycles. The lowest BCUT2D eigenvalue weighted by atomic mass is 10.0. The van der Waals surface area contributed by atoms with Gasteiger partial charge in [0, 0.05) is 12.0 Å². The summed E-state index contributed by atoms with van der Waals surface area (Å²) in [5, 5.41) is 9.89. The predicted octanol–water partition coefficient (Wildman–Crippen LogP) is 3.69. The fraction of sp³-hybridized carbons (Fsp3) is 0.158. The molecular weight excluding hydrogens is 292 g/mol. The van der Waals surface area contributed by atoms with Crippen molar-refractivity contribution in [2.45, 2.75) is 19.4 Å². The van der Waals surface area contributed by atoms with Crippen molar-refractivity contribution < 1.29 is 19.4 Å². The van der Waals surface area contributed by atoms with Gasteiger partial charge in [-0.05, 0) is 5.56 Å². The summed E-state index contributed by atoms with van der Waals surface area (Å²) in [7, 11) is 0. The van der Waals surface area contributed by atoms with E-state index in [0.717, 1.165) is 6.26 Å². The highest BCUT2D eigenvalue weighted by Crippen LogP contribution is 2.17. The lowest BCUT2D eigenvalue weighted by Crippen LogP contribution is -2.11. The van der Waals surface area contributed by atoms with Crippen LogP contribution in [0.5, 0.6) is 0 Å².